The van der Waals surface area contributed by atoms with Crippen LogP contribution in [0.5, 0.6) is 0 Å². The molecule has 232 valence electrons. The van der Waals surface area contributed by atoms with Crippen LogP contribution in [0.2, 0.25) is 0 Å². The van der Waals surface area contributed by atoms with Crippen molar-refractivity contribution in [3.63, 3.8) is 0 Å². The summed E-state index contributed by atoms with van der Waals surface area (Å²) in [6, 6.07) is 2.45. The number of aliphatic hydroxyl groups is 1. The van der Waals surface area contributed by atoms with Gasteiger partial charge in [-0.2, -0.15) is 0 Å². The number of fused-ring (bicyclic) bond motifs is 1. The molecule has 1 aromatic heterocycles. The van der Waals surface area contributed by atoms with Gasteiger partial charge in [-0.3, -0.25) is 19.4 Å². The lowest BCUT2D eigenvalue weighted by Gasteiger charge is -2.26. The first-order valence-electron chi connectivity index (χ1n) is 13.8. The van der Waals surface area contributed by atoms with Gasteiger partial charge in [0.1, 0.15) is 18.1 Å². The summed E-state index contributed by atoms with van der Waals surface area (Å²) in [6.45, 7) is 1.93. The summed E-state index contributed by atoms with van der Waals surface area (Å²) in [5, 5.41) is 28.3. The lowest BCUT2D eigenvalue weighted by Crippen LogP contribution is -2.60. The maximum atomic E-state index is 13.4. The van der Waals surface area contributed by atoms with Crippen LogP contribution >= 0.6 is 0 Å². The Kier molecular flexibility index (Phi) is 13.7. The number of carbonyl (C=O) groups is 4. The number of aliphatic hydroxyl groups excluding tert-OH is 1. The summed E-state index contributed by atoms with van der Waals surface area (Å²) in [5.41, 5.74) is 23.5. The number of nitrogens with zero attached hydrogens (tertiary/aromatic N) is 1. The van der Waals surface area contributed by atoms with Crippen LogP contribution in [0.4, 0.5) is 0 Å². The van der Waals surface area contributed by atoms with Crippen LogP contribution in [0.25, 0.3) is 10.9 Å². The van der Waals surface area contributed by atoms with Crippen LogP contribution in [0.15, 0.2) is 35.5 Å². The van der Waals surface area contributed by atoms with E-state index in [-0.39, 0.29) is 31.8 Å². The fourth-order valence-corrected chi connectivity index (χ4v) is 4.33. The Morgan fingerprint density at radius 2 is 1.64 bits per heavy atom. The first-order chi connectivity index (χ1) is 19.9. The van der Waals surface area contributed by atoms with Gasteiger partial charge in [0.05, 0.1) is 12.1 Å². The van der Waals surface area contributed by atoms with Crippen LogP contribution in [0, 0.1) is 0 Å². The predicted molar refractivity (Wildman–Crippen MR) is 158 cm³/mol. The number of aliphatic carboxylic acids is 1. The number of para-hydroxylation sites is 1. The number of carbonyl (C=O) groups excluding carboxylic acids is 3. The molecule has 0 saturated carbocycles. The van der Waals surface area contributed by atoms with Crippen molar-refractivity contribution in [2.24, 2.45) is 27.9 Å². The monoisotopic (exact) mass is 589 g/mol. The number of hydrogen-bond donors (Lipinski definition) is 10. The number of nitrogens with one attached hydrogen (secondary N) is 4. The Morgan fingerprint density at radius 3 is 2.29 bits per heavy atom. The average molecular weight is 590 g/mol. The number of guanidine groups is 1. The Bertz CT molecular complexity index is 1230. The van der Waals surface area contributed by atoms with E-state index in [4.69, 9.17) is 22.9 Å². The van der Waals surface area contributed by atoms with Gasteiger partial charge in [-0.15, -0.1) is 0 Å². The highest BCUT2D eigenvalue weighted by molar-refractivity contribution is 5.95. The second-order valence-corrected chi connectivity index (χ2v) is 10.1. The van der Waals surface area contributed by atoms with E-state index < -0.39 is 54.0 Å². The molecule has 42 heavy (non-hydrogen) atoms. The molecule has 0 fully saturated rings. The molecule has 0 radical (unpaired) electrons. The fourth-order valence-electron chi connectivity index (χ4n) is 4.33. The zero-order valence-corrected chi connectivity index (χ0v) is 23.7. The highest BCUT2D eigenvalue weighted by atomic mass is 16.4. The number of aromatic amines is 1. The largest absolute Gasteiger partial charge is 0.480 e. The summed E-state index contributed by atoms with van der Waals surface area (Å²) >= 11 is 0. The maximum absolute atomic E-state index is 13.4. The summed E-state index contributed by atoms with van der Waals surface area (Å²) < 4.78 is 0. The third-order valence-corrected chi connectivity index (χ3v) is 6.66. The van der Waals surface area contributed by atoms with Gasteiger partial charge in [0.2, 0.25) is 17.7 Å². The molecule has 3 amide bonds. The predicted octanol–water partition coefficient (Wildman–Crippen LogP) is -1.86. The molecular weight excluding hydrogens is 546 g/mol. The van der Waals surface area contributed by atoms with E-state index in [2.05, 4.69) is 25.9 Å². The molecular formula is C27H43N9O6. The fraction of sp³-hybridized carbons (Fsp3) is 0.519. The van der Waals surface area contributed by atoms with E-state index in [9.17, 15) is 29.4 Å². The number of unbranched alkanes of at least 4 members (excludes halogenated alkanes) is 1. The second kappa shape index (κ2) is 16.9. The zero-order chi connectivity index (χ0) is 31.2. The molecule has 15 nitrogen and oxygen atoms in total. The van der Waals surface area contributed by atoms with E-state index in [1.807, 2.05) is 24.3 Å². The van der Waals surface area contributed by atoms with E-state index >= 15 is 0 Å². The smallest absolute Gasteiger partial charge is 0.326 e. The van der Waals surface area contributed by atoms with Crippen molar-refractivity contribution >= 4 is 40.6 Å². The van der Waals surface area contributed by atoms with Gasteiger partial charge in [0, 0.05) is 30.1 Å². The molecule has 0 saturated heterocycles. The van der Waals surface area contributed by atoms with Gasteiger partial charge in [0.15, 0.2) is 5.96 Å². The van der Waals surface area contributed by atoms with Crippen molar-refractivity contribution < 1.29 is 29.4 Å². The average Bonchev–Trinajstić information content (AvgIpc) is 3.34. The Labute approximate surface area is 243 Å². The molecule has 0 aliphatic carbocycles. The van der Waals surface area contributed by atoms with Crippen molar-refractivity contribution in [2.45, 2.75) is 75.7 Å². The van der Waals surface area contributed by atoms with Crippen LogP contribution in [-0.4, -0.2) is 88.2 Å². The number of carboxylic acid groups (broad SMARTS) is 1. The molecule has 14 N–H and O–H groups in total. The summed E-state index contributed by atoms with van der Waals surface area (Å²) in [4.78, 5) is 58.2. The van der Waals surface area contributed by atoms with Gasteiger partial charge in [-0.1, -0.05) is 24.6 Å². The summed E-state index contributed by atoms with van der Waals surface area (Å²) in [5.74, 6) is -3.66. The van der Waals surface area contributed by atoms with Crippen molar-refractivity contribution in [3.8, 4) is 0 Å². The number of hydrogen-bond acceptors (Lipinski definition) is 8. The molecule has 5 unspecified atom stereocenters. The molecule has 5 atom stereocenters. The highest BCUT2D eigenvalue weighted by Crippen LogP contribution is 2.19. The standard InChI is InChI=1S/C27H43N9O6/c1-15(37)22(36-23(38)18(29)8-4-5-11-28)25(40)35-21(13-16-14-33-19-9-3-2-7-17(16)19)24(39)34-20(26(41)42)10-6-12-32-27(30)31/h2-3,7,9,14-15,18,20-22,33,37H,4-6,8,10-13,28-29H2,1H3,(H,34,39)(H,35,40)(H,36,38)(H,41,42)(H4,30,31,32). The summed E-state index contributed by atoms with van der Waals surface area (Å²) in [6.07, 6.45) is 2.27. The quantitative estimate of drug-likeness (QED) is 0.0526. The third-order valence-electron chi connectivity index (χ3n) is 6.66. The molecule has 0 aliphatic rings. The van der Waals surface area contributed by atoms with Gasteiger partial charge in [-0.25, -0.2) is 4.79 Å². The lowest BCUT2D eigenvalue weighted by molar-refractivity contribution is -0.142. The van der Waals surface area contributed by atoms with Crippen molar-refractivity contribution in [1.29, 1.82) is 0 Å². The number of benzene rings is 1. The number of rotatable bonds is 18. The topological polar surface area (TPSA) is 277 Å². The van der Waals surface area contributed by atoms with Crippen LogP contribution in [-0.2, 0) is 25.6 Å². The lowest BCUT2D eigenvalue weighted by atomic mass is 10.0. The SMILES string of the molecule is CC(O)C(NC(=O)C(N)CCCCN)C(=O)NC(Cc1c[nH]c2ccccc12)C(=O)NC(CCCN=C(N)N)C(=O)O. The molecule has 0 spiro atoms. The Morgan fingerprint density at radius 1 is 0.952 bits per heavy atom. The van der Waals surface area contributed by atoms with E-state index in [1.54, 1.807) is 6.20 Å². The van der Waals surface area contributed by atoms with Gasteiger partial charge < -0.3 is 54.1 Å². The number of amides is 3. The van der Waals surface area contributed by atoms with Crippen LogP contribution < -0.4 is 38.9 Å². The number of H-pyrrole nitrogens is 1. The van der Waals surface area contributed by atoms with Gasteiger partial charge >= 0.3 is 5.97 Å². The third kappa shape index (κ3) is 10.6. The Hall–Kier alpha value is -4.21. The maximum Gasteiger partial charge on any atom is 0.326 e. The minimum atomic E-state index is -1.42. The van der Waals surface area contributed by atoms with Crippen molar-refractivity contribution in [3.05, 3.63) is 36.0 Å². The molecule has 2 aromatic rings. The van der Waals surface area contributed by atoms with Crippen molar-refractivity contribution in [2.75, 3.05) is 13.1 Å². The first-order valence-corrected chi connectivity index (χ1v) is 13.8. The molecule has 0 aliphatic heterocycles. The molecule has 1 aromatic carbocycles. The van der Waals surface area contributed by atoms with E-state index in [0.717, 1.165) is 10.9 Å². The van der Waals surface area contributed by atoms with Crippen molar-refractivity contribution in [1.82, 2.24) is 20.9 Å². The normalized spacial score (nSPS) is 14.7. The van der Waals surface area contributed by atoms with E-state index in [0.29, 0.717) is 31.4 Å². The molecule has 15 heteroatoms. The minimum Gasteiger partial charge on any atom is -0.480 e. The summed E-state index contributed by atoms with van der Waals surface area (Å²) in [7, 11) is 0. The Balaban J connectivity index is 2.25. The molecule has 2 rings (SSSR count). The highest BCUT2D eigenvalue weighted by Gasteiger charge is 2.33. The number of aromatic nitrogens is 1. The minimum absolute atomic E-state index is 0.0129. The second-order valence-electron chi connectivity index (χ2n) is 10.1. The molecule has 1 heterocycles. The van der Waals surface area contributed by atoms with Gasteiger partial charge in [-0.05, 0) is 50.8 Å². The number of nitrogens with two attached hydrogens (primary N) is 4. The molecule has 0 bridgehead atoms. The number of aliphatic imine (C=N–C) groups is 1. The van der Waals surface area contributed by atoms with Crippen LogP contribution in [0.3, 0.4) is 0 Å². The zero-order valence-electron chi connectivity index (χ0n) is 23.7. The number of carboxylic acids is 1. The van der Waals surface area contributed by atoms with Gasteiger partial charge in [0.25, 0.3) is 0 Å². The van der Waals surface area contributed by atoms with Crippen LogP contribution in [0.1, 0.15) is 44.6 Å². The van der Waals surface area contributed by atoms with E-state index in [1.165, 1.54) is 6.92 Å². The first kappa shape index (κ1) is 34.0.